The molecule has 0 amide bonds. The first-order valence-electron chi connectivity index (χ1n) is 7.40. The molecule has 0 bridgehead atoms. The van der Waals surface area contributed by atoms with Gasteiger partial charge in [0.05, 0.1) is 12.6 Å². The summed E-state index contributed by atoms with van der Waals surface area (Å²) in [5.74, 6) is 0. The van der Waals surface area contributed by atoms with Gasteiger partial charge in [-0.1, -0.05) is 66.7 Å². The summed E-state index contributed by atoms with van der Waals surface area (Å²) in [6.45, 7) is 3.94. The van der Waals surface area contributed by atoms with Crippen LogP contribution in [0.1, 0.15) is 23.6 Å². The number of benzene rings is 2. The molecule has 2 heteroatoms. The predicted molar refractivity (Wildman–Crippen MR) is 88.2 cm³/mol. The lowest BCUT2D eigenvalue weighted by Crippen LogP contribution is -2.36. The van der Waals surface area contributed by atoms with Crippen molar-refractivity contribution in [3.05, 3.63) is 84.4 Å². The Kier molecular flexibility index (Phi) is 6.20. The molecule has 0 radical (unpaired) electrons. The van der Waals surface area contributed by atoms with Gasteiger partial charge in [0.15, 0.2) is 0 Å². The van der Waals surface area contributed by atoms with E-state index in [0.29, 0.717) is 0 Å². The maximum absolute atomic E-state index is 9.67. The highest BCUT2D eigenvalue weighted by Crippen LogP contribution is 2.15. The molecule has 21 heavy (non-hydrogen) atoms. The predicted octanol–water partition coefficient (Wildman–Crippen LogP) is 3.50. The molecule has 0 aliphatic heterocycles. The van der Waals surface area contributed by atoms with E-state index in [0.717, 1.165) is 18.4 Å². The van der Waals surface area contributed by atoms with Crippen LogP contribution >= 0.6 is 0 Å². The van der Waals surface area contributed by atoms with Gasteiger partial charge in [-0.25, -0.2) is 0 Å². The van der Waals surface area contributed by atoms with Crippen LogP contribution in [-0.2, 0) is 6.42 Å². The number of aliphatic hydroxyl groups is 1. The van der Waals surface area contributed by atoms with Gasteiger partial charge in [0.1, 0.15) is 0 Å². The monoisotopic (exact) mass is 281 g/mol. The van der Waals surface area contributed by atoms with E-state index in [1.807, 2.05) is 42.5 Å². The molecular weight excluding hydrogens is 258 g/mol. The third kappa shape index (κ3) is 4.85. The van der Waals surface area contributed by atoms with E-state index in [1.54, 1.807) is 0 Å². The summed E-state index contributed by atoms with van der Waals surface area (Å²) in [4.78, 5) is 0. The van der Waals surface area contributed by atoms with Gasteiger partial charge in [-0.2, -0.15) is 0 Å². The topological polar surface area (TPSA) is 32.3 Å². The number of rotatable bonds is 8. The molecule has 2 aromatic carbocycles. The highest BCUT2D eigenvalue weighted by Gasteiger charge is 2.15. The van der Waals surface area contributed by atoms with Gasteiger partial charge >= 0.3 is 0 Å². The van der Waals surface area contributed by atoms with Gasteiger partial charge in [-0.3, -0.25) is 0 Å². The van der Waals surface area contributed by atoms with Crippen LogP contribution in [0, 0.1) is 0 Å². The molecule has 110 valence electrons. The van der Waals surface area contributed by atoms with E-state index in [-0.39, 0.29) is 18.7 Å². The van der Waals surface area contributed by atoms with Crippen LogP contribution in [0.25, 0.3) is 0 Å². The normalized spacial score (nSPS) is 13.6. The Labute approximate surface area is 127 Å². The molecule has 1 unspecified atom stereocenters. The molecule has 2 rings (SSSR count). The maximum atomic E-state index is 9.67. The van der Waals surface area contributed by atoms with E-state index in [2.05, 4.69) is 36.2 Å². The Bertz CT molecular complexity index is 524. The van der Waals surface area contributed by atoms with Crippen LogP contribution in [0.4, 0.5) is 0 Å². The van der Waals surface area contributed by atoms with Crippen molar-refractivity contribution in [1.29, 1.82) is 0 Å². The van der Waals surface area contributed by atoms with Crippen LogP contribution in [0.15, 0.2) is 73.3 Å². The fraction of sp³-hybridized carbons (Fsp3) is 0.263. The van der Waals surface area contributed by atoms with Crippen molar-refractivity contribution in [3.8, 4) is 0 Å². The second-order valence-electron chi connectivity index (χ2n) is 5.22. The van der Waals surface area contributed by atoms with Gasteiger partial charge in [0.2, 0.25) is 0 Å². The highest BCUT2D eigenvalue weighted by molar-refractivity contribution is 5.20. The minimum atomic E-state index is -0.0418. The van der Waals surface area contributed by atoms with Crippen LogP contribution < -0.4 is 5.32 Å². The zero-order valence-electron chi connectivity index (χ0n) is 12.3. The Hall–Kier alpha value is -1.90. The average molecular weight is 281 g/mol. The number of hydrogen-bond acceptors (Lipinski definition) is 2. The van der Waals surface area contributed by atoms with E-state index < -0.39 is 0 Å². The highest BCUT2D eigenvalue weighted by atomic mass is 16.3. The van der Waals surface area contributed by atoms with Crippen LogP contribution in [-0.4, -0.2) is 17.8 Å². The Balaban J connectivity index is 2.05. The number of nitrogens with one attached hydrogen (secondary N) is 1. The molecule has 0 saturated heterocycles. The molecule has 0 aliphatic carbocycles. The lowest BCUT2D eigenvalue weighted by molar-refractivity contribution is 0.232. The molecule has 2 aromatic rings. The van der Waals surface area contributed by atoms with E-state index in [1.165, 1.54) is 5.56 Å². The molecule has 0 heterocycles. The molecular formula is C19H23NO. The van der Waals surface area contributed by atoms with E-state index >= 15 is 0 Å². The van der Waals surface area contributed by atoms with Crippen LogP contribution in [0.3, 0.4) is 0 Å². The van der Waals surface area contributed by atoms with Crippen LogP contribution in [0.5, 0.6) is 0 Å². The van der Waals surface area contributed by atoms with Crippen molar-refractivity contribution in [3.63, 3.8) is 0 Å². The average Bonchev–Trinajstić information content (AvgIpc) is 2.54. The smallest absolute Gasteiger partial charge is 0.0626 e. The van der Waals surface area contributed by atoms with Crippen molar-refractivity contribution < 1.29 is 5.11 Å². The first kappa shape index (κ1) is 15.5. The van der Waals surface area contributed by atoms with Gasteiger partial charge in [0, 0.05) is 6.04 Å². The lowest BCUT2D eigenvalue weighted by atomic mass is 10.0. The Morgan fingerprint density at radius 3 is 2.19 bits per heavy atom. The second kappa shape index (κ2) is 8.40. The summed E-state index contributed by atoms with van der Waals surface area (Å²) in [5, 5.41) is 13.2. The van der Waals surface area contributed by atoms with E-state index in [9.17, 15) is 5.11 Å². The molecule has 0 spiro atoms. The minimum Gasteiger partial charge on any atom is -0.394 e. The summed E-state index contributed by atoms with van der Waals surface area (Å²) < 4.78 is 0. The van der Waals surface area contributed by atoms with Gasteiger partial charge in [-0.05, 0) is 24.0 Å². The molecule has 2 atom stereocenters. The summed E-state index contributed by atoms with van der Waals surface area (Å²) in [5.41, 5.74) is 2.41. The lowest BCUT2D eigenvalue weighted by Gasteiger charge is -2.24. The minimum absolute atomic E-state index is 0.0418. The van der Waals surface area contributed by atoms with Gasteiger partial charge < -0.3 is 10.4 Å². The molecule has 0 fully saturated rings. The number of hydrogen-bond donors (Lipinski definition) is 2. The molecule has 0 aromatic heterocycles. The zero-order chi connectivity index (χ0) is 14.9. The number of aliphatic hydroxyl groups excluding tert-OH is 1. The zero-order valence-corrected chi connectivity index (χ0v) is 12.3. The Morgan fingerprint density at radius 2 is 1.62 bits per heavy atom. The van der Waals surface area contributed by atoms with Crippen molar-refractivity contribution in [2.45, 2.75) is 24.9 Å². The fourth-order valence-corrected chi connectivity index (χ4v) is 2.53. The van der Waals surface area contributed by atoms with E-state index in [4.69, 9.17) is 0 Å². The molecule has 2 nitrogen and oxygen atoms in total. The summed E-state index contributed by atoms with van der Waals surface area (Å²) in [7, 11) is 0. The quantitative estimate of drug-likeness (QED) is 0.726. The summed E-state index contributed by atoms with van der Waals surface area (Å²) in [6, 6.07) is 20.7. The van der Waals surface area contributed by atoms with Crippen LogP contribution in [0.2, 0.25) is 0 Å². The summed E-state index contributed by atoms with van der Waals surface area (Å²) >= 11 is 0. The SMILES string of the molecule is C=CCC(Cc1ccccc1)N[C@@H](CO)c1ccccc1. The maximum Gasteiger partial charge on any atom is 0.0626 e. The first-order chi connectivity index (χ1) is 10.3. The molecule has 2 N–H and O–H groups in total. The molecule has 0 saturated carbocycles. The first-order valence-corrected chi connectivity index (χ1v) is 7.40. The Morgan fingerprint density at radius 1 is 1.00 bits per heavy atom. The fourth-order valence-electron chi connectivity index (χ4n) is 2.53. The summed E-state index contributed by atoms with van der Waals surface area (Å²) in [6.07, 6.45) is 3.73. The third-order valence-electron chi connectivity index (χ3n) is 3.60. The van der Waals surface area contributed by atoms with Crippen molar-refractivity contribution >= 4 is 0 Å². The van der Waals surface area contributed by atoms with Gasteiger partial charge in [-0.15, -0.1) is 6.58 Å². The largest absolute Gasteiger partial charge is 0.394 e. The third-order valence-corrected chi connectivity index (χ3v) is 3.60. The van der Waals surface area contributed by atoms with Crippen molar-refractivity contribution in [2.75, 3.05) is 6.61 Å². The second-order valence-corrected chi connectivity index (χ2v) is 5.22. The van der Waals surface area contributed by atoms with Crippen molar-refractivity contribution in [1.82, 2.24) is 5.32 Å². The van der Waals surface area contributed by atoms with Crippen molar-refractivity contribution in [2.24, 2.45) is 0 Å². The molecule has 0 aliphatic rings. The standard InChI is InChI=1S/C19H23NO/c1-2-9-18(14-16-10-5-3-6-11-16)20-19(15-21)17-12-7-4-8-13-17/h2-8,10-13,18-21H,1,9,14-15H2/t18?,19-/m0/s1. The van der Waals surface area contributed by atoms with Gasteiger partial charge in [0.25, 0.3) is 0 Å².